The molecule has 0 radical (unpaired) electrons. The summed E-state index contributed by atoms with van der Waals surface area (Å²) in [6, 6.07) is 18.1. The highest BCUT2D eigenvalue weighted by atomic mass is 31.2. The van der Waals surface area contributed by atoms with Crippen LogP contribution in [0.15, 0.2) is 60.7 Å². The predicted octanol–water partition coefficient (Wildman–Crippen LogP) is 4.18. The fraction of sp³-hybridized carbons (Fsp3) is 0.300. The lowest BCUT2D eigenvalue weighted by atomic mass is 10.1. The highest BCUT2D eigenvalue weighted by Crippen LogP contribution is 2.51. The molecule has 0 aliphatic rings. The van der Waals surface area contributed by atoms with Crippen LogP contribution in [0.3, 0.4) is 0 Å². The molecule has 0 amide bonds. The van der Waals surface area contributed by atoms with Crippen LogP contribution in [-0.2, 0) is 36.4 Å². The maximum atomic E-state index is 13.3. The van der Waals surface area contributed by atoms with Crippen LogP contribution in [0.4, 0.5) is 0 Å². The molecule has 1 unspecified atom stereocenters. The maximum absolute atomic E-state index is 13.3. The first kappa shape index (κ1) is 21.8. The molecule has 2 aromatic carbocycles. The highest BCUT2D eigenvalue weighted by Gasteiger charge is 2.33. The maximum Gasteiger partial charge on any atom is 0.332 e. The van der Waals surface area contributed by atoms with Crippen LogP contribution < -0.4 is 0 Å². The number of hydrogen-bond acceptors (Lipinski definition) is 5. The van der Waals surface area contributed by atoms with Crippen molar-refractivity contribution in [1.29, 1.82) is 0 Å². The van der Waals surface area contributed by atoms with Crippen LogP contribution in [0.5, 0.6) is 0 Å². The third kappa shape index (κ3) is 7.64. The van der Waals surface area contributed by atoms with Crippen molar-refractivity contribution in [2.45, 2.75) is 26.1 Å². The summed E-state index contributed by atoms with van der Waals surface area (Å²) in [5.74, 6) is -3.49. The fourth-order valence-corrected chi connectivity index (χ4v) is 4.35. The molecule has 8 heteroatoms. The molecule has 0 aromatic heterocycles. The third-order valence-corrected chi connectivity index (χ3v) is 5.97. The van der Waals surface area contributed by atoms with E-state index in [9.17, 15) is 19.3 Å². The van der Waals surface area contributed by atoms with E-state index in [1.165, 1.54) is 0 Å². The van der Waals surface area contributed by atoms with Crippen molar-refractivity contribution in [2.75, 3.05) is 6.16 Å². The minimum Gasteiger partial charge on any atom is -0.481 e. The van der Waals surface area contributed by atoms with Crippen LogP contribution in [-0.4, -0.2) is 28.3 Å². The Hall–Kier alpha value is -2.47. The van der Waals surface area contributed by atoms with Gasteiger partial charge in [-0.2, -0.15) is 0 Å². The molecule has 0 aliphatic heterocycles. The van der Waals surface area contributed by atoms with Gasteiger partial charge in [0.1, 0.15) is 0 Å². The molecule has 0 bridgehead atoms. The number of hydrogen-bond donors (Lipinski definition) is 2. The van der Waals surface area contributed by atoms with Crippen molar-refractivity contribution in [3.8, 4) is 0 Å². The van der Waals surface area contributed by atoms with Crippen molar-refractivity contribution >= 4 is 19.5 Å². The van der Waals surface area contributed by atoms with Crippen molar-refractivity contribution in [1.82, 2.24) is 0 Å². The van der Waals surface area contributed by atoms with E-state index in [2.05, 4.69) is 0 Å². The number of carbonyl (C=O) groups is 2. The van der Waals surface area contributed by atoms with Gasteiger partial charge in [-0.1, -0.05) is 60.7 Å². The van der Waals surface area contributed by atoms with Gasteiger partial charge in [-0.3, -0.25) is 14.2 Å². The van der Waals surface area contributed by atoms with E-state index >= 15 is 0 Å². The Balaban J connectivity index is 2.11. The van der Waals surface area contributed by atoms with E-state index in [1.807, 2.05) is 12.1 Å². The van der Waals surface area contributed by atoms with Gasteiger partial charge in [0.15, 0.2) is 0 Å². The van der Waals surface area contributed by atoms with Gasteiger partial charge in [0, 0.05) is 6.42 Å². The Labute approximate surface area is 163 Å². The number of benzene rings is 2. The second kappa shape index (κ2) is 10.8. The summed E-state index contributed by atoms with van der Waals surface area (Å²) in [5, 5.41) is 18.2. The summed E-state index contributed by atoms with van der Waals surface area (Å²) < 4.78 is 24.4. The van der Waals surface area contributed by atoms with E-state index in [4.69, 9.17) is 14.2 Å². The van der Waals surface area contributed by atoms with E-state index in [0.29, 0.717) is 0 Å². The van der Waals surface area contributed by atoms with Crippen LogP contribution in [0.1, 0.15) is 24.0 Å². The average Bonchev–Trinajstić information content (AvgIpc) is 2.69. The summed E-state index contributed by atoms with van der Waals surface area (Å²) in [4.78, 5) is 22.3. The molecule has 0 fully saturated rings. The van der Waals surface area contributed by atoms with Crippen LogP contribution >= 0.6 is 7.60 Å². The van der Waals surface area contributed by atoms with Gasteiger partial charge in [-0.15, -0.1) is 0 Å². The average molecular weight is 406 g/mol. The van der Waals surface area contributed by atoms with Crippen molar-refractivity contribution in [3.63, 3.8) is 0 Å². The monoisotopic (exact) mass is 406 g/mol. The molecule has 2 rings (SSSR count). The van der Waals surface area contributed by atoms with Crippen LogP contribution in [0.25, 0.3) is 0 Å². The summed E-state index contributed by atoms with van der Waals surface area (Å²) >= 11 is 0. The minimum absolute atomic E-state index is 0.00181. The molecule has 150 valence electrons. The van der Waals surface area contributed by atoms with Gasteiger partial charge >= 0.3 is 19.5 Å². The molecule has 1 atom stereocenters. The Kier molecular flexibility index (Phi) is 8.39. The lowest BCUT2D eigenvalue weighted by molar-refractivity contribution is -0.142. The van der Waals surface area contributed by atoms with Gasteiger partial charge < -0.3 is 19.3 Å². The van der Waals surface area contributed by atoms with E-state index in [-0.39, 0.29) is 26.1 Å². The van der Waals surface area contributed by atoms with Crippen LogP contribution in [0, 0.1) is 5.92 Å². The van der Waals surface area contributed by atoms with Gasteiger partial charge in [-0.25, -0.2) is 0 Å². The van der Waals surface area contributed by atoms with Crippen molar-refractivity contribution in [3.05, 3.63) is 71.8 Å². The second-order valence-corrected chi connectivity index (χ2v) is 8.38. The largest absolute Gasteiger partial charge is 0.481 e. The molecule has 2 N–H and O–H groups in total. The van der Waals surface area contributed by atoms with Gasteiger partial charge in [0.25, 0.3) is 0 Å². The normalized spacial score (nSPS) is 12.4. The van der Waals surface area contributed by atoms with Gasteiger partial charge in [0.2, 0.25) is 0 Å². The van der Waals surface area contributed by atoms with Crippen molar-refractivity contribution < 1.29 is 33.4 Å². The zero-order valence-corrected chi connectivity index (χ0v) is 16.2. The number of carboxylic acids is 2. The second-order valence-electron chi connectivity index (χ2n) is 6.28. The predicted molar refractivity (Wildman–Crippen MR) is 103 cm³/mol. The Morgan fingerprint density at radius 3 is 1.71 bits per heavy atom. The van der Waals surface area contributed by atoms with Gasteiger partial charge in [-0.05, 0) is 17.5 Å². The van der Waals surface area contributed by atoms with E-state index in [0.717, 1.165) is 11.1 Å². The molecular weight excluding hydrogens is 383 g/mol. The smallest absolute Gasteiger partial charge is 0.332 e. The quantitative estimate of drug-likeness (QED) is 0.509. The molecule has 7 nitrogen and oxygen atoms in total. The third-order valence-electron chi connectivity index (χ3n) is 4.04. The summed E-state index contributed by atoms with van der Waals surface area (Å²) in [5.41, 5.74) is 1.53. The minimum atomic E-state index is -3.79. The van der Waals surface area contributed by atoms with Gasteiger partial charge in [0.05, 0.1) is 25.3 Å². The first-order chi connectivity index (χ1) is 13.4. The SMILES string of the molecule is O=C(O)CCC(CP(=O)(OCc1ccccc1)OCc1ccccc1)C(=O)O. The van der Waals surface area contributed by atoms with E-state index in [1.54, 1.807) is 48.5 Å². The zero-order chi connectivity index (χ0) is 20.4. The molecule has 0 saturated heterocycles. The Bertz CT molecular complexity index is 760. The molecule has 0 heterocycles. The number of rotatable bonds is 12. The van der Waals surface area contributed by atoms with E-state index < -0.39 is 31.6 Å². The van der Waals surface area contributed by atoms with Crippen LogP contribution in [0.2, 0.25) is 0 Å². The molecule has 0 spiro atoms. The summed E-state index contributed by atoms with van der Waals surface area (Å²) in [6.45, 7) is -0.00362. The zero-order valence-electron chi connectivity index (χ0n) is 15.3. The standard InChI is InChI=1S/C20H23O7P/c21-19(22)12-11-18(20(23)24)15-28(25,26-13-16-7-3-1-4-8-16)27-14-17-9-5-2-6-10-17/h1-10,18H,11-15H2,(H,21,22)(H,23,24). The lowest BCUT2D eigenvalue weighted by Gasteiger charge is -2.22. The number of aliphatic carboxylic acids is 2. The topological polar surface area (TPSA) is 110 Å². The molecule has 0 saturated carbocycles. The lowest BCUT2D eigenvalue weighted by Crippen LogP contribution is -2.21. The fourth-order valence-electron chi connectivity index (χ4n) is 2.50. The molecular formula is C20H23O7P. The summed E-state index contributed by atoms with van der Waals surface area (Å²) in [6.07, 6.45) is -0.887. The highest BCUT2D eigenvalue weighted by molar-refractivity contribution is 7.53. The first-order valence-electron chi connectivity index (χ1n) is 8.78. The first-order valence-corrected chi connectivity index (χ1v) is 10.5. The molecule has 2 aromatic rings. The Morgan fingerprint density at radius 2 is 1.32 bits per heavy atom. The summed E-state index contributed by atoms with van der Waals surface area (Å²) in [7, 11) is -3.79. The number of carboxylic acid groups (broad SMARTS) is 2. The van der Waals surface area contributed by atoms with Crippen molar-refractivity contribution in [2.24, 2.45) is 5.92 Å². The molecule has 28 heavy (non-hydrogen) atoms. The molecule has 0 aliphatic carbocycles. The Morgan fingerprint density at radius 1 is 0.857 bits per heavy atom.